The Labute approximate surface area is 88.2 Å². The Morgan fingerprint density at radius 2 is 1.93 bits per heavy atom. The molecule has 2 nitrogen and oxygen atoms in total. The van der Waals surface area contributed by atoms with E-state index in [2.05, 4.69) is 27.7 Å². The zero-order chi connectivity index (χ0) is 10.8. The molecule has 1 aliphatic rings. The summed E-state index contributed by atoms with van der Waals surface area (Å²) in [5.41, 5.74) is 6.43. The van der Waals surface area contributed by atoms with Crippen LogP contribution in [0.5, 0.6) is 0 Å². The molecule has 1 saturated heterocycles. The molecule has 0 bridgehead atoms. The summed E-state index contributed by atoms with van der Waals surface area (Å²) >= 11 is 0. The van der Waals surface area contributed by atoms with Gasteiger partial charge in [-0.25, -0.2) is 0 Å². The first-order valence-electron chi connectivity index (χ1n) is 5.70. The van der Waals surface area contributed by atoms with Gasteiger partial charge in [-0.1, -0.05) is 13.8 Å². The molecule has 2 N–H and O–H groups in total. The molecule has 1 heterocycles. The van der Waals surface area contributed by atoms with E-state index in [9.17, 15) is 0 Å². The van der Waals surface area contributed by atoms with Gasteiger partial charge < -0.3 is 10.5 Å². The van der Waals surface area contributed by atoms with Crippen molar-refractivity contribution in [2.24, 2.45) is 17.1 Å². The molecular formula is C12H25NO. The van der Waals surface area contributed by atoms with Gasteiger partial charge in [0, 0.05) is 11.0 Å². The fourth-order valence-electron chi connectivity index (χ4n) is 2.21. The first-order chi connectivity index (χ1) is 6.33. The van der Waals surface area contributed by atoms with E-state index in [1.165, 1.54) is 12.8 Å². The molecule has 0 aromatic carbocycles. The second-order valence-electron chi connectivity index (χ2n) is 6.08. The average molecular weight is 199 g/mol. The van der Waals surface area contributed by atoms with Crippen LogP contribution < -0.4 is 5.73 Å². The molecular weight excluding hydrogens is 174 g/mol. The minimum Gasteiger partial charge on any atom is -0.380 e. The number of hydrogen-bond donors (Lipinski definition) is 1. The van der Waals surface area contributed by atoms with Crippen LogP contribution >= 0.6 is 0 Å². The number of rotatable bonds is 5. The molecule has 0 aromatic rings. The Morgan fingerprint density at radius 3 is 2.21 bits per heavy atom. The first kappa shape index (κ1) is 12.0. The van der Waals surface area contributed by atoms with Gasteiger partial charge in [-0.3, -0.25) is 0 Å². The smallest absolute Gasteiger partial charge is 0.0544 e. The summed E-state index contributed by atoms with van der Waals surface area (Å²) in [5, 5.41) is 0. The molecule has 1 aliphatic heterocycles. The van der Waals surface area contributed by atoms with Gasteiger partial charge in [-0.05, 0) is 39.0 Å². The van der Waals surface area contributed by atoms with Crippen LogP contribution in [0.4, 0.5) is 0 Å². The Bertz CT molecular complexity index is 177. The molecule has 0 amide bonds. The molecule has 14 heavy (non-hydrogen) atoms. The molecule has 0 aromatic heterocycles. The topological polar surface area (TPSA) is 35.2 Å². The molecule has 0 atom stereocenters. The third-order valence-corrected chi connectivity index (χ3v) is 2.96. The van der Waals surface area contributed by atoms with Crippen LogP contribution in [0.2, 0.25) is 0 Å². The number of ether oxygens (including phenoxy) is 1. The van der Waals surface area contributed by atoms with Crippen LogP contribution in [0.1, 0.15) is 47.0 Å². The Morgan fingerprint density at radius 1 is 1.36 bits per heavy atom. The van der Waals surface area contributed by atoms with Crippen LogP contribution in [-0.4, -0.2) is 18.8 Å². The lowest BCUT2D eigenvalue weighted by molar-refractivity contribution is -0.129. The highest BCUT2D eigenvalue weighted by atomic mass is 16.5. The Hall–Kier alpha value is -0.0800. The van der Waals surface area contributed by atoms with Crippen molar-refractivity contribution in [3.8, 4) is 0 Å². The van der Waals surface area contributed by atoms with Crippen LogP contribution in [-0.2, 0) is 4.74 Å². The number of nitrogens with two attached hydrogens (primary N) is 1. The second-order valence-corrected chi connectivity index (χ2v) is 6.08. The normalized spacial score (nSPS) is 21.0. The van der Waals surface area contributed by atoms with Crippen molar-refractivity contribution in [1.82, 2.24) is 0 Å². The lowest BCUT2D eigenvalue weighted by Gasteiger charge is -2.44. The van der Waals surface area contributed by atoms with Crippen LogP contribution in [0, 0.1) is 11.3 Å². The maximum absolute atomic E-state index is 6.01. The minimum atomic E-state index is -0.0282. The fraction of sp³-hybridized carbons (Fsp3) is 1.00. The van der Waals surface area contributed by atoms with Crippen LogP contribution in [0.15, 0.2) is 0 Å². The van der Waals surface area contributed by atoms with Crippen molar-refractivity contribution < 1.29 is 4.74 Å². The van der Waals surface area contributed by atoms with Crippen molar-refractivity contribution in [3.05, 3.63) is 0 Å². The van der Waals surface area contributed by atoms with Gasteiger partial charge in [-0.15, -0.1) is 0 Å². The van der Waals surface area contributed by atoms with E-state index < -0.39 is 0 Å². The molecule has 2 heteroatoms. The zero-order valence-electron chi connectivity index (χ0n) is 10.1. The summed E-state index contributed by atoms with van der Waals surface area (Å²) in [4.78, 5) is 0. The standard InChI is InChI=1S/C12H25NO/c1-10(2)7-12(8-14-9-12)6-5-11(3,4)13/h10H,5-9,13H2,1-4H3. The van der Waals surface area contributed by atoms with E-state index in [-0.39, 0.29) is 5.54 Å². The predicted octanol–water partition coefficient (Wildman–Crippen LogP) is 2.57. The highest BCUT2D eigenvalue weighted by molar-refractivity contribution is 4.89. The average Bonchev–Trinajstić information content (AvgIpc) is 1.92. The molecule has 0 unspecified atom stereocenters. The van der Waals surface area contributed by atoms with Crippen molar-refractivity contribution in [3.63, 3.8) is 0 Å². The Balaban J connectivity index is 2.38. The molecule has 84 valence electrons. The van der Waals surface area contributed by atoms with Gasteiger partial charge in [0.2, 0.25) is 0 Å². The molecule has 0 radical (unpaired) electrons. The monoisotopic (exact) mass is 199 g/mol. The van der Waals surface area contributed by atoms with Gasteiger partial charge in [0.05, 0.1) is 13.2 Å². The van der Waals surface area contributed by atoms with Crippen molar-refractivity contribution in [1.29, 1.82) is 0 Å². The Kier molecular flexibility index (Phi) is 3.59. The number of hydrogen-bond acceptors (Lipinski definition) is 2. The summed E-state index contributed by atoms with van der Waals surface area (Å²) in [7, 11) is 0. The van der Waals surface area contributed by atoms with Crippen molar-refractivity contribution >= 4 is 0 Å². The van der Waals surface area contributed by atoms with E-state index in [1.807, 2.05) is 0 Å². The summed E-state index contributed by atoms with van der Waals surface area (Å²) in [5.74, 6) is 0.764. The maximum atomic E-state index is 6.01. The van der Waals surface area contributed by atoms with Crippen LogP contribution in [0.3, 0.4) is 0 Å². The van der Waals surface area contributed by atoms with Gasteiger partial charge in [0.15, 0.2) is 0 Å². The van der Waals surface area contributed by atoms with Gasteiger partial charge in [0.1, 0.15) is 0 Å². The van der Waals surface area contributed by atoms with Gasteiger partial charge in [-0.2, -0.15) is 0 Å². The first-order valence-corrected chi connectivity index (χ1v) is 5.70. The third-order valence-electron chi connectivity index (χ3n) is 2.96. The van der Waals surface area contributed by atoms with Crippen molar-refractivity contribution in [2.45, 2.75) is 52.5 Å². The van der Waals surface area contributed by atoms with E-state index >= 15 is 0 Å². The SMILES string of the molecule is CC(C)CC1(CCC(C)(C)N)COC1. The molecule has 0 aliphatic carbocycles. The third kappa shape index (κ3) is 3.58. The molecule has 1 fully saturated rings. The summed E-state index contributed by atoms with van der Waals surface area (Å²) in [6.45, 7) is 10.7. The van der Waals surface area contributed by atoms with E-state index in [0.717, 1.165) is 25.6 Å². The second kappa shape index (κ2) is 4.19. The van der Waals surface area contributed by atoms with Gasteiger partial charge in [0.25, 0.3) is 0 Å². The van der Waals surface area contributed by atoms with Gasteiger partial charge >= 0.3 is 0 Å². The highest BCUT2D eigenvalue weighted by Crippen LogP contribution is 2.39. The lowest BCUT2D eigenvalue weighted by atomic mass is 9.73. The van der Waals surface area contributed by atoms with Crippen LogP contribution in [0.25, 0.3) is 0 Å². The minimum absolute atomic E-state index is 0.0282. The van der Waals surface area contributed by atoms with E-state index in [1.54, 1.807) is 0 Å². The summed E-state index contributed by atoms with van der Waals surface area (Å²) < 4.78 is 5.36. The predicted molar refractivity (Wildman–Crippen MR) is 60.2 cm³/mol. The van der Waals surface area contributed by atoms with E-state index in [0.29, 0.717) is 5.41 Å². The maximum Gasteiger partial charge on any atom is 0.0544 e. The quantitative estimate of drug-likeness (QED) is 0.738. The van der Waals surface area contributed by atoms with E-state index in [4.69, 9.17) is 10.5 Å². The summed E-state index contributed by atoms with van der Waals surface area (Å²) in [6.07, 6.45) is 3.60. The molecule has 1 rings (SSSR count). The lowest BCUT2D eigenvalue weighted by Crippen LogP contribution is -2.45. The molecule has 0 saturated carbocycles. The molecule has 0 spiro atoms. The fourth-order valence-corrected chi connectivity index (χ4v) is 2.21. The zero-order valence-corrected chi connectivity index (χ0v) is 10.1. The largest absolute Gasteiger partial charge is 0.380 e. The summed E-state index contributed by atoms with van der Waals surface area (Å²) in [6, 6.07) is 0. The highest BCUT2D eigenvalue weighted by Gasteiger charge is 2.39. The van der Waals surface area contributed by atoms with Crippen molar-refractivity contribution in [2.75, 3.05) is 13.2 Å².